The maximum Gasteiger partial charge on any atom is 0.333 e. The van der Waals surface area contributed by atoms with Gasteiger partial charge in [0.25, 0.3) is 0 Å². The number of halogens is 2. The van der Waals surface area contributed by atoms with Crippen molar-refractivity contribution in [3.8, 4) is 0 Å². The summed E-state index contributed by atoms with van der Waals surface area (Å²) in [5, 5.41) is 6.73. The molecule has 0 aliphatic heterocycles. The molecule has 0 saturated heterocycles. The van der Waals surface area contributed by atoms with Gasteiger partial charge in [-0.2, -0.15) is 13.8 Å². The lowest BCUT2D eigenvalue weighted by Crippen LogP contribution is -2.04. The second-order valence-corrected chi connectivity index (χ2v) is 5.35. The van der Waals surface area contributed by atoms with Crippen molar-refractivity contribution in [3.05, 3.63) is 23.8 Å². The fourth-order valence-corrected chi connectivity index (χ4v) is 2.37. The Labute approximate surface area is 123 Å². The van der Waals surface area contributed by atoms with Gasteiger partial charge in [-0.3, -0.25) is 0 Å². The minimum atomic E-state index is -2.67. The average Bonchev–Trinajstić information content (AvgIpc) is 3.11. The normalized spacial score (nSPS) is 14.9. The Morgan fingerprint density at radius 3 is 2.86 bits per heavy atom. The topological polar surface area (TPSA) is 84.3 Å². The third-order valence-electron chi connectivity index (χ3n) is 3.62. The van der Waals surface area contributed by atoms with Crippen LogP contribution in [0, 0.1) is 6.92 Å². The number of aromatic nitrogens is 6. The van der Waals surface area contributed by atoms with E-state index < -0.39 is 6.55 Å². The first-order valence-electron chi connectivity index (χ1n) is 6.94. The lowest BCUT2D eigenvalue weighted by molar-refractivity contribution is 0.0568. The smallest absolute Gasteiger partial charge is 0.329 e. The summed E-state index contributed by atoms with van der Waals surface area (Å²) in [6, 6.07) is 0. The molecule has 0 atom stereocenters. The molecular weight excluding hydrogens is 292 g/mol. The van der Waals surface area contributed by atoms with Crippen molar-refractivity contribution in [2.24, 2.45) is 0 Å². The molecule has 3 heterocycles. The van der Waals surface area contributed by atoms with E-state index in [1.54, 1.807) is 13.3 Å². The number of H-pyrrole nitrogens is 1. The summed E-state index contributed by atoms with van der Waals surface area (Å²) < 4.78 is 25.9. The fraction of sp³-hybridized carbons (Fsp3) is 0.385. The van der Waals surface area contributed by atoms with Gasteiger partial charge in [0.05, 0.1) is 12.0 Å². The van der Waals surface area contributed by atoms with Crippen LogP contribution in [-0.4, -0.2) is 29.7 Å². The number of aromatic amines is 1. The van der Waals surface area contributed by atoms with E-state index in [1.165, 1.54) is 6.20 Å². The standard InChI is InChI=1S/C13H13F2N7/c1-6-4-22(12(14)15)21-10(6)19-13-18-8(7-2-3-7)9-11(20-13)17-5-16-9/h4-5,7,12H,2-3H2,1H3,(H2,16,17,18,19,20,21). The van der Waals surface area contributed by atoms with Crippen molar-refractivity contribution in [2.45, 2.75) is 32.2 Å². The van der Waals surface area contributed by atoms with Crippen molar-refractivity contribution in [2.75, 3.05) is 5.32 Å². The minimum Gasteiger partial charge on any atom is -0.329 e. The molecule has 9 heteroatoms. The van der Waals surface area contributed by atoms with Crippen LogP contribution >= 0.6 is 0 Å². The summed E-state index contributed by atoms with van der Waals surface area (Å²) in [6.07, 6.45) is 5.02. The summed E-state index contributed by atoms with van der Waals surface area (Å²) in [4.78, 5) is 16.0. The molecule has 0 aromatic carbocycles. The van der Waals surface area contributed by atoms with E-state index >= 15 is 0 Å². The summed E-state index contributed by atoms with van der Waals surface area (Å²) in [6.45, 7) is -0.975. The van der Waals surface area contributed by atoms with E-state index in [2.05, 4.69) is 30.4 Å². The predicted molar refractivity (Wildman–Crippen MR) is 75.2 cm³/mol. The van der Waals surface area contributed by atoms with Crippen LogP contribution in [0.5, 0.6) is 0 Å². The van der Waals surface area contributed by atoms with Gasteiger partial charge in [0.1, 0.15) is 5.52 Å². The van der Waals surface area contributed by atoms with E-state index in [0.29, 0.717) is 33.6 Å². The fourth-order valence-electron chi connectivity index (χ4n) is 2.37. The molecule has 1 aliphatic carbocycles. The molecule has 1 saturated carbocycles. The zero-order valence-corrected chi connectivity index (χ0v) is 11.7. The van der Waals surface area contributed by atoms with Crippen molar-refractivity contribution < 1.29 is 8.78 Å². The van der Waals surface area contributed by atoms with Gasteiger partial charge < -0.3 is 10.3 Å². The van der Waals surface area contributed by atoms with Crippen LogP contribution in [0.4, 0.5) is 20.5 Å². The largest absolute Gasteiger partial charge is 0.333 e. The maximum absolute atomic E-state index is 12.7. The van der Waals surface area contributed by atoms with Crippen LogP contribution in [-0.2, 0) is 0 Å². The molecule has 0 bridgehead atoms. The summed E-state index contributed by atoms with van der Waals surface area (Å²) >= 11 is 0. The Hall–Kier alpha value is -2.58. The highest BCUT2D eigenvalue weighted by atomic mass is 19.3. The van der Waals surface area contributed by atoms with Crippen LogP contribution in [0.15, 0.2) is 12.5 Å². The minimum absolute atomic E-state index is 0.320. The van der Waals surface area contributed by atoms with Crippen LogP contribution in [0.2, 0.25) is 0 Å². The van der Waals surface area contributed by atoms with E-state index in [-0.39, 0.29) is 0 Å². The monoisotopic (exact) mass is 305 g/mol. The third-order valence-corrected chi connectivity index (χ3v) is 3.62. The Morgan fingerprint density at radius 2 is 2.18 bits per heavy atom. The molecule has 3 aromatic heterocycles. The van der Waals surface area contributed by atoms with E-state index in [9.17, 15) is 8.78 Å². The molecular formula is C13H13F2N7. The van der Waals surface area contributed by atoms with E-state index in [0.717, 1.165) is 24.1 Å². The van der Waals surface area contributed by atoms with Gasteiger partial charge in [0.15, 0.2) is 11.5 Å². The number of alkyl halides is 2. The molecule has 1 fully saturated rings. The van der Waals surface area contributed by atoms with Gasteiger partial charge in [0.2, 0.25) is 5.95 Å². The molecule has 7 nitrogen and oxygen atoms in total. The molecule has 4 rings (SSSR count). The number of rotatable bonds is 4. The molecule has 3 aromatic rings. The van der Waals surface area contributed by atoms with Gasteiger partial charge in [0, 0.05) is 17.7 Å². The molecule has 0 radical (unpaired) electrons. The number of hydrogen-bond donors (Lipinski definition) is 2. The Balaban J connectivity index is 1.72. The van der Waals surface area contributed by atoms with Crippen molar-refractivity contribution in [1.82, 2.24) is 29.7 Å². The van der Waals surface area contributed by atoms with Gasteiger partial charge in [-0.05, 0) is 19.8 Å². The molecule has 114 valence electrons. The molecule has 2 N–H and O–H groups in total. The Bertz CT molecular complexity index is 834. The van der Waals surface area contributed by atoms with Crippen LogP contribution in [0.1, 0.15) is 36.6 Å². The lowest BCUT2D eigenvalue weighted by Gasteiger charge is -2.05. The number of imidazole rings is 1. The van der Waals surface area contributed by atoms with Crippen LogP contribution in [0.25, 0.3) is 11.2 Å². The van der Waals surface area contributed by atoms with Crippen molar-refractivity contribution in [3.63, 3.8) is 0 Å². The first kappa shape index (κ1) is 13.1. The zero-order chi connectivity index (χ0) is 15.3. The number of nitrogens with zero attached hydrogens (tertiary/aromatic N) is 5. The van der Waals surface area contributed by atoms with Gasteiger partial charge in [-0.25, -0.2) is 14.6 Å². The summed E-state index contributed by atoms with van der Waals surface area (Å²) in [5.41, 5.74) is 2.88. The Morgan fingerprint density at radius 1 is 1.36 bits per heavy atom. The number of fused-ring (bicyclic) bond motifs is 1. The maximum atomic E-state index is 12.7. The van der Waals surface area contributed by atoms with E-state index in [1.807, 2.05) is 0 Å². The molecule has 22 heavy (non-hydrogen) atoms. The van der Waals surface area contributed by atoms with Crippen molar-refractivity contribution in [1.29, 1.82) is 0 Å². The lowest BCUT2D eigenvalue weighted by atomic mass is 10.2. The quantitative estimate of drug-likeness (QED) is 0.774. The molecule has 1 aliphatic rings. The van der Waals surface area contributed by atoms with Crippen LogP contribution in [0.3, 0.4) is 0 Å². The zero-order valence-electron chi connectivity index (χ0n) is 11.7. The van der Waals surface area contributed by atoms with E-state index in [4.69, 9.17) is 0 Å². The second kappa shape index (κ2) is 4.72. The number of aryl methyl sites for hydroxylation is 1. The SMILES string of the molecule is Cc1cn(C(F)F)nc1Nc1nc(C2CC2)c2nc[nH]c2n1. The molecule has 0 unspecified atom stereocenters. The highest BCUT2D eigenvalue weighted by molar-refractivity contribution is 5.75. The summed E-state index contributed by atoms with van der Waals surface area (Å²) in [7, 11) is 0. The first-order chi connectivity index (χ1) is 10.6. The highest BCUT2D eigenvalue weighted by Crippen LogP contribution is 2.41. The highest BCUT2D eigenvalue weighted by Gasteiger charge is 2.29. The molecule has 0 spiro atoms. The second-order valence-electron chi connectivity index (χ2n) is 5.35. The number of anilines is 2. The third kappa shape index (κ3) is 2.18. The first-order valence-corrected chi connectivity index (χ1v) is 6.94. The van der Waals surface area contributed by atoms with Gasteiger partial charge >= 0.3 is 6.55 Å². The van der Waals surface area contributed by atoms with Crippen LogP contribution < -0.4 is 5.32 Å². The summed E-state index contributed by atoms with van der Waals surface area (Å²) in [5.74, 6) is 1.05. The average molecular weight is 305 g/mol. The predicted octanol–water partition coefficient (Wildman–Crippen LogP) is 2.87. The number of hydrogen-bond acceptors (Lipinski definition) is 5. The molecule has 0 amide bonds. The Kier molecular flexibility index (Phi) is 2.81. The van der Waals surface area contributed by atoms with Gasteiger partial charge in [-0.15, -0.1) is 5.10 Å². The van der Waals surface area contributed by atoms with Gasteiger partial charge in [-0.1, -0.05) is 0 Å². The van der Waals surface area contributed by atoms with Crippen molar-refractivity contribution >= 4 is 22.9 Å². The number of nitrogens with one attached hydrogen (secondary N) is 2.